The second-order valence-electron chi connectivity index (χ2n) is 3.84. The third-order valence-electron chi connectivity index (χ3n) is 2.73. The van der Waals surface area contributed by atoms with Crippen molar-refractivity contribution < 1.29 is 8.42 Å². The third-order valence-corrected chi connectivity index (χ3v) is 4.62. The highest BCUT2D eigenvalue weighted by Gasteiger charge is 2.22. The average Bonchev–Trinajstić information content (AvgIpc) is 2.30. The van der Waals surface area contributed by atoms with Crippen LogP contribution in [0.15, 0.2) is 0 Å². The summed E-state index contributed by atoms with van der Waals surface area (Å²) >= 11 is 0. The van der Waals surface area contributed by atoms with Crippen LogP contribution >= 0.6 is 0 Å². The molecule has 0 aromatic heterocycles. The van der Waals surface area contributed by atoms with Gasteiger partial charge in [-0.1, -0.05) is 6.92 Å². The zero-order valence-corrected chi connectivity index (χ0v) is 9.31. The van der Waals surface area contributed by atoms with Gasteiger partial charge in [-0.3, -0.25) is 0 Å². The summed E-state index contributed by atoms with van der Waals surface area (Å²) in [5.41, 5.74) is 0. The summed E-state index contributed by atoms with van der Waals surface area (Å²) in [5.74, 6) is 0.915. The Balaban J connectivity index is 2.61. The fourth-order valence-corrected chi connectivity index (χ4v) is 2.85. The van der Waals surface area contributed by atoms with Gasteiger partial charge in [-0.15, -0.1) is 0 Å². The molecule has 0 bridgehead atoms. The van der Waals surface area contributed by atoms with Gasteiger partial charge in [-0.25, -0.2) is 12.7 Å². The molecule has 4 heteroatoms. The number of hydrogen-bond donors (Lipinski definition) is 0. The van der Waals surface area contributed by atoms with Crippen LogP contribution in [-0.2, 0) is 10.0 Å². The van der Waals surface area contributed by atoms with E-state index in [1.54, 1.807) is 11.2 Å². The highest BCUT2D eigenvalue weighted by molar-refractivity contribution is 7.89. The van der Waals surface area contributed by atoms with Crippen molar-refractivity contribution in [2.24, 2.45) is 5.92 Å². The molecule has 1 unspecified atom stereocenters. The van der Waals surface area contributed by atoms with Crippen LogP contribution in [0.2, 0.25) is 0 Å². The third kappa shape index (κ3) is 2.95. The maximum Gasteiger partial charge on any atom is 0.213 e. The lowest BCUT2D eigenvalue weighted by Crippen LogP contribution is -2.33. The SMILES string of the molecule is CCS(=O)(=O)N1CCCC(C)CC1. The fourth-order valence-electron chi connectivity index (χ4n) is 1.70. The molecule has 1 aliphatic rings. The predicted octanol–water partition coefficient (Wildman–Crippen LogP) is 1.46. The molecular weight excluding hydrogens is 186 g/mol. The van der Waals surface area contributed by atoms with Crippen LogP contribution in [0.5, 0.6) is 0 Å². The van der Waals surface area contributed by atoms with E-state index in [1.807, 2.05) is 0 Å². The molecule has 1 rings (SSSR count). The topological polar surface area (TPSA) is 37.4 Å². The lowest BCUT2D eigenvalue weighted by atomic mass is 10.0. The van der Waals surface area contributed by atoms with Crippen molar-refractivity contribution in [1.82, 2.24) is 4.31 Å². The van der Waals surface area contributed by atoms with E-state index in [0.29, 0.717) is 5.92 Å². The van der Waals surface area contributed by atoms with Gasteiger partial charge in [0.15, 0.2) is 0 Å². The first-order valence-corrected chi connectivity index (χ1v) is 6.65. The molecule has 0 aromatic carbocycles. The maximum absolute atomic E-state index is 11.5. The number of hydrogen-bond acceptors (Lipinski definition) is 2. The summed E-state index contributed by atoms with van der Waals surface area (Å²) < 4.78 is 24.7. The summed E-state index contributed by atoms with van der Waals surface area (Å²) in [6.45, 7) is 5.35. The second-order valence-corrected chi connectivity index (χ2v) is 6.09. The molecule has 1 fully saturated rings. The maximum atomic E-state index is 11.5. The fraction of sp³-hybridized carbons (Fsp3) is 1.00. The monoisotopic (exact) mass is 205 g/mol. The number of nitrogens with zero attached hydrogens (tertiary/aromatic N) is 1. The first kappa shape index (κ1) is 11.0. The molecule has 0 aromatic rings. The minimum Gasteiger partial charge on any atom is -0.212 e. The largest absolute Gasteiger partial charge is 0.213 e. The Hall–Kier alpha value is -0.0900. The van der Waals surface area contributed by atoms with E-state index in [1.165, 1.54) is 0 Å². The lowest BCUT2D eigenvalue weighted by molar-refractivity contribution is 0.417. The van der Waals surface area contributed by atoms with E-state index in [4.69, 9.17) is 0 Å². The molecule has 0 amide bonds. The zero-order chi connectivity index (χ0) is 9.90. The Kier molecular flexibility index (Phi) is 3.74. The van der Waals surface area contributed by atoms with E-state index in [0.717, 1.165) is 32.4 Å². The quantitative estimate of drug-likeness (QED) is 0.684. The van der Waals surface area contributed by atoms with Crippen LogP contribution < -0.4 is 0 Å². The Morgan fingerprint density at radius 1 is 1.31 bits per heavy atom. The van der Waals surface area contributed by atoms with Crippen LogP contribution in [0.4, 0.5) is 0 Å². The minimum absolute atomic E-state index is 0.237. The average molecular weight is 205 g/mol. The van der Waals surface area contributed by atoms with Gasteiger partial charge >= 0.3 is 0 Å². The van der Waals surface area contributed by atoms with Gasteiger partial charge in [-0.2, -0.15) is 0 Å². The molecule has 0 radical (unpaired) electrons. The minimum atomic E-state index is -2.93. The molecular formula is C9H19NO2S. The highest BCUT2D eigenvalue weighted by Crippen LogP contribution is 2.18. The van der Waals surface area contributed by atoms with Gasteiger partial charge in [0.2, 0.25) is 10.0 Å². The summed E-state index contributed by atoms with van der Waals surface area (Å²) in [4.78, 5) is 0. The number of rotatable bonds is 2. The van der Waals surface area contributed by atoms with E-state index in [9.17, 15) is 8.42 Å². The Labute approximate surface area is 81.2 Å². The molecule has 1 aliphatic heterocycles. The normalized spacial score (nSPS) is 27.1. The van der Waals surface area contributed by atoms with Crippen molar-refractivity contribution >= 4 is 10.0 Å². The van der Waals surface area contributed by atoms with Crippen molar-refractivity contribution in [2.45, 2.75) is 33.1 Å². The summed E-state index contributed by atoms with van der Waals surface area (Å²) in [5, 5.41) is 0. The van der Waals surface area contributed by atoms with Gasteiger partial charge < -0.3 is 0 Å². The molecule has 1 heterocycles. The summed E-state index contributed by atoms with van der Waals surface area (Å²) in [6.07, 6.45) is 3.19. The smallest absolute Gasteiger partial charge is 0.212 e. The molecule has 3 nitrogen and oxygen atoms in total. The molecule has 78 valence electrons. The van der Waals surface area contributed by atoms with Crippen LogP contribution in [-0.4, -0.2) is 31.6 Å². The van der Waals surface area contributed by atoms with Gasteiger partial charge in [-0.05, 0) is 32.1 Å². The molecule has 1 saturated heterocycles. The molecule has 1 atom stereocenters. The molecule has 0 N–H and O–H groups in total. The van der Waals surface area contributed by atoms with Crippen molar-refractivity contribution in [3.05, 3.63) is 0 Å². The summed E-state index contributed by atoms with van der Waals surface area (Å²) in [6, 6.07) is 0. The Morgan fingerprint density at radius 2 is 2.00 bits per heavy atom. The molecule has 0 spiro atoms. The van der Waals surface area contributed by atoms with Crippen LogP contribution in [0.1, 0.15) is 33.1 Å². The van der Waals surface area contributed by atoms with Crippen LogP contribution in [0, 0.1) is 5.92 Å². The Morgan fingerprint density at radius 3 is 2.62 bits per heavy atom. The molecule has 0 aliphatic carbocycles. The van der Waals surface area contributed by atoms with Crippen molar-refractivity contribution in [2.75, 3.05) is 18.8 Å². The highest BCUT2D eigenvalue weighted by atomic mass is 32.2. The standard InChI is InChI=1S/C9H19NO2S/c1-3-13(11,12)10-7-4-5-9(2)6-8-10/h9H,3-8H2,1-2H3. The van der Waals surface area contributed by atoms with E-state index in [2.05, 4.69) is 6.92 Å². The summed E-state index contributed by atoms with van der Waals surface area (Å²) in [7, 11) is -2.93. The van der Waals surface area contributed by atoms with Gasteiger partial charge in [0.05, 0.1) is 5.75 Å². The van der Waals surface area contributed by atoms with E-state index >= 15 is 0 Å². The van der Waals surface area contributed by atoms with Gasteiger partial charge in [0, 0.05) is 13.1 Å². The van der Waals surface area contributed by atoms with Crippen molar-refractivity contribution in [3.8, 4) is 0 Å². The van der Waals surface area contributed by atoms with Crippen molar-refractivity contribution in [3.63, 3.8) is 0 Å². The lowest BCUT2D eigenvalue weighted by Gasteiger charge is -2.18. The molecule has 0 saturated carbocycles. The first-order valence-electron chi connectivity index (χ1n) is 5.04. The van der Waals surface area contributed by atoms with E-state index in [-0.39, 0.29) is 5.75 Å². The predicted molar refractivity (Wildman–Crippen MR) is 54.0 cm³/mol. The first-order chi connectivity index (χ1) is 6.06. The Bertz CT molecular complexity index is 248. The van der Waals surface area contributed by atoms with Crippen LogP contribution in [0.3, 0.4) is 0 Å². The van der Waals surface area contributed by atoms with Crippen molar-refractivity contribution in [1.29, 1.82) is 0 Å². The van der Waals surface area contributed by atoms with Crippen LogP contribution in [0.25, 0.3) is 0 Å². The molecule has 13 heavy (non-hydrogen) atoms. The van der Waals surface area contributed by atoms with Gasteiger partial charge in [0.1, 0.15) is 0 Å². The zero-order valence-electron chi connectivity index (χ0n) is 8.49. The van der Waals surface area contributed by atoms with Gasteiger partial charge in [0.25, 0.3) is 0 Å². The van der Waals surface area contributed by atoms with E-state index < -0.39 is 10.0 Å². The second kappa shape index (κ2) is 4.42. The number of sulfonamides is 1.